The van der Waals surface area contributed by atoms with E-state index in [0.717, 1.165) is 38.0 Å². The number of hydrogen-bond acceptors (Lipinski definition) is 4. The fraction of sp³-hybridized carbons (Fsp3) is 1.00. The Labute approximate surface area is 112 Å². The van der Waals surface area contributed by atoms with E-state index in [1.54, 1.807) is 7.11 Å². The highest BCUT2D eigenvalue weighted by atomic mass is 16.5. The topological polar surface area (TPSA) is 47.7 Å². The number of hydrogen-bond donors (Lipinski definition) is 1. The van der Waals surface area contributed by atoms with E-state index in [2.05, 4.69) is 11.8 Å². The van der Waals surface area contributed by atoms with Crippen LogP contribution >= 0.6 is 0 Å². The molecule has 1 heterocycles. The summed E-state index contributed by atoms with van der Waals surface area (Å²) < 4.78 is 10.4. The molecule has 1 aliphatic rings. The fourth-order valence-electron chi connectivity index (χ4n) is 2.77. The summed E-state index contributed by atoms with van der Waals surface area (Å²) in [6.07, 6.45) is 3.63. The first-order valence-electron chi connectivity index (χ1n) is 7.30. The summed E-state index contributed by atoms with van der Waals surface area (Å²) in [5.41, 5.74) is 5.83. The molecule has 4 heteroatoms. The third-order valence-corrected chi connectivity index (χ3v) is 4.00. The molecular weight excluding hydrogens is 228 g/mol. The van der Waals surface area contributed by atoms with E-state index < -0.39 is 0 Å². The summed E-state index contributed by atoms with van der Waals surface area (Å²) in [5, 5.41) is 0. The molecule has 1 aliphatic heterocycles. The van der Waals surface area contributed by atoms with Gasteiger partial charge >= 0.3 is 0 Å². The molecule has 1 fully saturated rings. The van der Waals surface area contributed by atoms with Crippen LogP contribution < -0.4 is 5.73 Å². The third-order valence-electron chi connectivity index (χ3n) is 4.00. The number of likely N-dealkylation sites (tertiary alicyclic amines) is 1. The van der Waals surface area contributed by atoms with Gasteiger partial charge in [0.15, 0.2) is 0 Å². The molecule has 1 rings (SSSR count). The zero-order chi connectivity index (χ0) is 13.2. The number of methoxy groups -OCH3 is 1. The van der Waals surface area contributed by atoms with Crippen molar-refractivity contribution in [2.24, 2.45) is 17.6 Å². The number of rotatable bonds is 9. The van der Waals surface area contributed by atoms with Crippen LogP contribution in [0, 0.1) is 11.8 Å². The van der Waals surface area contributed by atoms with Crippen LogP contribution in [0.1, 0.15) is 26.2 Å². The Hall–Kier alpha value is -0.160. The molecule has 0 radical (unpaired) electrons. The summed E-state index contributed by atoms with van der Waals surface area (Å²) in [5.74, 6) is 1.53. The zero-order valence-electron chi connectivity index (χ0n) is 12.1. The molecule has 2 atom stereocenters. The van der Waals surface area contributed by atoms with E-state index in [1.165, 1.54) is 25.9 Å². The largest absolute Gasteiger partial charge is 0.382 e. The average molecular weight is 258 g/mol. The second kappa shape index (κ2) is 9.73. The van der Waals surface area contributed by atoms with E-state index in [0.29, 0.717) is 13.2 Å². The average Bonchev–Trinajstić information content (AvgIpc) is 2.42. The Morgan fingerprint density at radius 1 is 1.22 bits per heavy atom. The van der Waals surface area contributed by atoms with Crippen LogP contribution in [0.15, 0.2) is 0 Å². The van der Waals surface area contributed by atoms with Gasteiger partial charge in [-0.05, 0) is 37.8 Å². The molecule has 0 aromatic heterocycles. The van der Waals surface area contributed by atoms with Crippen molar-refractivity contribution in [2.75, 3.05) is 53.1 Å². The summed E-state index contributed by atoms with van der Waals surface area (Å²) in [7, 11) is 1.70. The van der Waals surface area contributed by atoms with Crippen LogP contribution in [0.25, 0.3) is 0 Å². The highest BCUT2D eigenvalue weighted by Crippen LogP contribution is 2.25. The maximum absolute atomic E-state index is 5.83. The van der Waals surface area contributed by atoms with Crippen LogP contribution in [0.3, 0.4) is 0 Å². The van der Waals surface area contributed by atoms with Gasteiger partial charge in [-0.3, -0.25) is 0 Å². The van der Waals surface area contributed by atoms with Gasteiger partial charge in [-0.25, -0.2) is 0 Å². The molecule has 0 saturated carbocycles. The second-order valence-electron chi connectivity index (χ2n) is 5.21. The van der Waals surface area contributed by atoms with Gasteiger partial charge in [-0.15, -0.1) is 0 Å². The van der Waals surface area contributed by atoms with E-state index in [1.807, 2.05) is 0 Å². The minimum Gasteiger partial charge on any atom is -0.382 e. The van der Waals surface area contributed by atoms with Gasteiger partial charge in [0.2, 0.25) is 0 Å². The van der Waals surface area contributed by atoms with Crippen LogP contribution in [-0.4, -0.2) is 58.0 Å². The molecule has 0 aromatic carbocycles. The van der Waals surface area contributed by atoms with Crippen LogP contribution in [-0.2, 0) is 9.47 Å². The van der Waals surface area contributed by atoms with Crippen molar-refractivity contribution < 1.29 is 9.47 Å². The lowest BCUT2D eigenvalue weighted by atomic mass is 9.84. The summed E-state index contributed by atoms with van der Waals surface area (Å²) >= 11 is 0. The minimum atomic E-state index is 0.694. The van der Waals surface area contributed by atoms with E-state index in [9.17, 15) is 0 Å². The molecule has 0 aromatic rings. The maximum Gasteiger partial charge on any atom is 0.0700 e. The van der Waals surface area contributed by atoms with Crippen LogP contribution in [0.2, 0.25) is 0 Å². The van der Waals surface area contributed by atoms with Gasteiger partial charge in [0.1, 0.15) is 0 Å². The lowest BCUT2D eigenvalue weighted by Crippen LogP contribution is -2.43. The molecule has 2 N–H and O–H groups in total. The van der Waals surface area contributed by atoms with Gasteiger partial charge < -0.3 is 20.1 Å². The first-order valence-corrected chi connectivity index (χ1v) is 7.30. The Morgan fingerprint density at radius 2 is 2.06 bits per heavy atom. The van der Waals surface area contributed by atoms with Crippen molar-refractivity contribution in [1.82, 2.24) is 4.90 Å². The SMILES string of the molecule is CCC1CN(CCCOCCOC)CCC1CN. The number of piperidine rings is 1. The highest BCUT2D eigenvalue weighted by molar-refractivity contribution is 4.80. The quantitative estimate of drug-likeness (QED) is 0.634. The molecule has 0 bridgehead atoms. The fourth-order valence-corrected chi connectivity index (χ4v) is 2.77. The summed E-state index contributed by atoms with van der Waals surface area (Å²) in [6.45, 7) is 8.96. The molecule has 108 valence electrons. The van der Waals surface area contributed by atoms with E-state index >= 15 is 0 Å². The molecule has 1 saturated heterocycles. The predicted octanol–water partition coefficient (Wildman–Crippen LogP) is 1.35. The van der Waals surface area contributed by atoms with Crippen molar-refractivity contribution in [3.05, 3.63) is 0 Å². The molecule has 0 aliphatic carbocycles. The summed E-state index contributed by atoms with van der Waals surface area (Å²) in [6, 6.07) is 0. The monoisotopic (exact) mass is 258 g/mol. The lowest BCUT2D eigenvalue weighted by Gasteiger charge is -2.37. The number of ether oxygens (including phenoxy) is 2. The first-order chi connectivity index (χ1) is 8.81. The maximum atomic E-state index is 5.83. The zero-order valence-corrected chi connectivity index (χ0v) is 12.1. The van der Waals surface area contributed by atoms with E-state index in [4.69, 9.17) is 15.2 Å². The smallest absolute Gasteiger partial charge is 0.0700 e. The van der Waals surface area contributed by atoms with Crippen molar-refractivity contribution in [3.8, 4) is 0 Å². The van der Waals surface area contributed by atoms with Gasteiger partial charge in [0.05, 0.1) is 13.2 Å². The predicted molar refractivity (Wildman–Crippen MR) is 74.7 cm³/mol. The van der Waals surface area contributed by atoms with Gasteiger partial charge in [-0.1, -0.05) is 13.3 Å². The molecule has 4 nitrogen and oxygen atoms in total. The van der Waals surface area contributed by atoms with Crippen molar-refractivity contribution in [2.45, 2.75) is 26.2 Å². The standard InChI is InChI=1S/C14H30N2O2/c1-3-13-12-16(7-5-14(13)11-15)6-4-8-18-10-9-17-2/h13-14H,3-12,15H2,1-2H3. The molecule has 2 unspecified atom stereocenters. The normalized spacial score (nSPS) is 25.5. The third kappa shape index (κ3) is 5.65. The van der Waals surface area contributed by atoms with Gasteiger partial charge in [-0.2, -0.15) is 0 Å². The minimum absolute atomic E-state index is 0.694. The number of nitrogens with two attached hydrogens (primary N) is 1. The first kappa shape index (κ1) is 15.9. The number of nitrogens with zero attached hydrogens (tertiary/aromatic N) is 1. The van der Waals surface area contributed by atoms with Gasteiger partial charge in [0, 0.05) is 26.8 Å². The summed E-state index contributed by atoms with van der Waals surface area (Å²) in [4.78, 5) is 2.57. The highest BCUT2D eigenvalue weighted by Gasteiger charge is 2.26. The lowest BCUT2D eigenvalue weighted by molar-refractivity contribution is 0.0585. The van der Waals surface area contributed by atoms with Crippen LogP contribution in [0.5, 0.6) is 0 Å². The second-order valence-corrected chi connectivity index (χ2v) is 5.21. The molecule has 0 amide bonds. The van der Waals surface area contributed by atoms with Crippen molar-refractivity contribution in [1.29, 1.82) is 0 Å². The Kier molecular flexibility index (Phi) is 8.59. The Morgan fingerprint density at radius 3 is 2.72 bits per heavy atom. The van der Waals surface area contributed by atoms with Crippen molar-refractivity contribution in [3.63, 3.8) is 0 Å². The molecular formula is C14H30N2O2. The Balaban J connectivity index is 2.08. The van der Waals surface area contributed by atoms with E-state index in [-0.39, 0.29) is 0 Å². The molecule has 18 heavy (non-hydrogen) atoms. The molecule has 0 spiro atoms. The Bertz CT molecular complexity index is 202. The van der Waals surface area contributed by atoms with Crippen LogP contribution in [0.4, 0.5) is 0 Å². The van der Waals surface area contributed by atoms with Crippen molar-refractivity contribution >= 4 is 0 Å². The van der Waals surface area contributed by atoms with Gasteiger partial charge in [0.25, 0.3) is 0 Å².